The lowest BCUT2D eigenvalue weighted by atomic mass is 10.1. The van der Waals surface area contributed by atoms with Gasteiger partial charge in [0.1, 0.15) is 0 Å². The smallest absolute Gasteiger partial charge is 0.253 e. The fraction of sp³-hybridized carbons (Fsp3) is 0.615. The third kappa shape index (κ3) is 4.07. The second-order valence-corrected chi connectivity index (χ2v) is 4.41. The highest BCUT2D eigenvalue weighted by molar-refractivity contribution is 5.95. The Hall–Kier alpha value is -1.49. The maximum Gasteiger partial charge on any atom is 0.253 e. The third-order valence-corrected chi connectivity index (χ3v) is 2.90. The molecule has 100 valence electrons. The van der Waals surface area contributed by atoms with Crippen molar-refractivity contribution in [2.45, 2.75) is 46.1 Å². The van der Waals surface area contributed by atoms with Gasteiger partial charge in [0.2, 0.25) is 0 Å². The van der Waals surface area contributed by atoms with Crippen LogP contribution in [0.15, 0.2) is 6.07 Å². The molecule has 1 heterocycles. The minimum atomic E-state index is -0.0897. The third-order valence-electron chi connectivity index (χ3n) is 2.90. The Morgan fingerprint density at radius 1 is 1.44 bits per heavy atom. The first kappa shape index (κ1) is 14.6. The molecule has 0 aliphatic rings. The normalized spacial score (nSPS) is 12.2. The molecule has 0 fully saturated rings. The second kappa shape index (κ2) is 7.06. The van der Waals surface area contributed by atoms with Crippen LogP contribution in [-0.4, -0.2) is 28.7 Å². The number of aromatic nitrogens is 2. The van der Waals surface area contributed by atoms with Crippen LogP contribution in [0, 0.1) is 6.92 Å². The molecule has 5 heteroatoms. The Balaban J connectivity index is 2.63. The lowest BCUT2D eigenvalue weighted by Crippen LogP contribution is -2.30. The Labute approximate surface area is 108 Å². The van der Waals surface area contributed by atoms with E-state index in [-0.39, 0.29) is 11.9 Å². The van der Waals surface area contributed by atoms with Gasteiger partial charge in [-0.3, -0.25) is 4.79 Å². The number of hydrogen-bond donors (Lipinski definition) is 2. The van der Waals surface area contributed by atoms with E-state index >= 15 is 0 Å². The Kier molecular flexibility index (Phi) is 5.71. The largest absolute Gasteiger partial charge is 0.352 e. The van der Waals surface area contributed by atoms with Crippen LogP contribution >= 0.6 is 0 Å². The fourth-order valence-electron chi connectivity index (χ4n) is 1.64. The first-order valence-electron chi connectivity index (χ1n) is 6.45. The number of nitrogens with zero attached hydrogens (tertiary/aromatic N) is 2. The van der Waals surface area contributed by atoms with Crippen molar-refractivity contribution in [3.8, 4) is 0 Å². The maximum absolute atomic E-state index is 12.0. The number of nitrogens with two attached hydrogens (primary N) is 1. The molecule has 1 aromatic rings. The molecule has 1 aromatic heterocycles. The molecule has 3 N–H and O–H groups in total. The van der Waals surface area contributed by atoms with Gasteiger partial charge >= 0.3 is 0 Å². The minimum Gasteiger partial charge on any atom is -0.352 e. The van der Waals surface area contributed by atoms with E-state index in [1.807, 2.05) is 20.8 Å². The predicted octanol–water partition coefficient (Wildman–Crippen LogP) is 1.20. The number of nitrogens with one attached hydrogen (secondary N) is 1. The Morgan fingerprint density at radius 2 is 2.17 bits per heavy atom. The van der Waals surface area contributed by atoms with E-state index in [4.69, 9.17) is 5.73 Å². The van der Waals surface area contributed by atoms with Crippen molar-refractivity contribution in [1.29, 1.82) is 0 Å². The van der Waals surface area contributed by atoms with Crippen molar-refractivity contribution in [1.82, 2.24) is 15.5 Å². The fourth-order valence-corrected chi connectivity index (χ4v) is 1.64. The molecule has 5 nitrogen and oxygen atoms in total. The van der Waals surface area contributed by atoms with Gasteiger partial charge in [0.05, 0.1) is 17.0 Å². The molecular formula is C13H22N4O. The summed E-state index contributed by atoms with van der Waals surface area (Å²) in [6, 6.07) is 1.93. The summed E-state index contributed by atoms with van der Waals surface area (Å²) in [6.07, 6.45) is 2.41. The molecule has 0 saturated heterocycles. The van der Waals surface area contributed by atoms with Gasteiger partial charge in [0.25, 0.3) is 5.91 Å². The number of carbonyl (C=O) groups excluding carboxylic acids is 1. The van der Waals surface area contributed by atoms with Crippen molar-refractivity contribution in [2.75, 3.05) is 6.54 Å². The topological polar surface area (TPSA) is 80.9 Å². The summed E-state index contributed by atoms with van der Waals surface area (Å²) in [5, 5.41) is 10.9. The van der Waals surface area contributed by atoms with Gasteiger partial charge < -0.3 is 11.1 Å². The standard InChI is InChI=1S/C13H22N4O/c1-4-10(14)6-7-15-13(18)11-8-9(3)16-17-12(11)5-2/h8,10H,4-7,14H2,1-3H3,(H,15,18). The van der Waals surface area contributed by atoms with E-state index in [1.165, 1.54) is 0 Å². The summed E-state index contributed by atoms with van der Waals surface area (Å²) in [5.74, 6) is -0.0897. The molecule has 0 radical (unpaired) electrons. The van der Waals surface area contributed by atoms with Gasteiger partial charge in [-0.2, -0.15) is 10.2 Å². The first-order valence-corrected chi connectivity index (χ1v) is 6.45. The predicted molar refractivity (Wildman–Crippen MR) is 71.4 cm³/mol. The Morgan fingerprint density at radius 3 is 2.78 bits per heavy atom. The van der Waals surface area contributed by atoms with Crippen molar-refractivity contribution in [2.24, 2.45) is 5.73 Å². The zero-order valence-electron chi connectivity index (χ0n) is 11.4. The van der Waals surface area contributed by atoms with Gasteiger partial charge in [-0.1, -0.05) is 13.8 Å². The average molecular weight is 250 g/mol. The van der Waals surface area contributed by atoms with Crippen LogP contribution in [0.4, 0.5) is 0 Å². The van der Waals surface area contributed by atoms with Crippen LogP contribution in [0.2, 0.25) is 0 Å². The van der Waals surface area contributed by atoms with Gasteiger partial charge in [-0.15, -0.1) is 0 Å². The molecule has 1 atom stereocenters. The van der Waals surface area contributed by atoms with Crippen LogP contribution in [0.3, 0.4) is 0 Å². The minimum absolute atomic E-state index is 0.0897. The number of hydrogen-bond acceptors (Lipinski definition) is 4. The zero-order valence-corrected chi connectivity index (χ0v) is 11.4. The van der Waals surface area contributed by atoms with Crippen LogP contribution in [-0.2, 0) is 6.42 Å². The van der Waals surface area contributed by atoms with E-state index in [1.54, 1.807) is 6.07 Å². The van der Waals surface area contributed by atoms with E-state index in [0.717, 1.165) is 24.2 Å². The number of amides is 1. The van der Waals surface area contributed by atoms with Crippen molar-refractivity contribution in [3.63, 3.8) is 0 Å². The van der Waals surface area contributed by atoms with Crippen LogP contribution < -0.4 is 11.1 Å². The molecule has 0 bridgehead atoms. The number of rotatable bonds is 6. The SMILES string of the molecule is CCc1nnc(C)cc1C(=O)NCCC(N)CC. The van der Waals surface area contributed by atoms with Crippen LogP contribution in [0.1, 0.15) is 48.4 Å². The molecule has 0 saturated carbocycles. The zero-order chi connectivity index (χ0) is 13.5. The molecular weight excluding hydrogens is 228 g/mol. The van der Waals surface area contributed by atoms with Crippen LogP contribution in [0.25, 0.3) is 0 Å². The van der Waals surface area contributed by atoms with Crippen molar-refractivity contribution < 1.29 is 4.79 Å². The maximum atomic E-state index is 12.0. The van der Waals surface area contributed by atoms with Gasteiger partial charge in [0.15, 0.2) is 0 Å². The lowest BCUT2D eigenvalue weighted by Gasteiger charge is -2.11. The van der Waals surface area contributed by atoms with E-state index in [2.05, 4.69) is 15.5 Å². The molecule has 1 unspecified atom stereocenters. The Bertz CT molecular complexity index is 406. The number of aryl methyl sites for hydroxylation is 2. The lowest BCUT2D eigenvalue weighted by molar-refractivity contribution is 0.0951. The van der Waals surface area contributed by atoms with Gasteiger partial charge in [0, 0.05) is 12.6 Å². The quantitative estimate of drug-likeness (QED) is 0.795. The summed E-state index contributed by atoms with van der Waals surface area (Å²) in [4.78, 5) is 12.0. The summed E-state index contributed by atoms with van der Waals surface area (Å²) < 4.78 is 0. The summed E-state index contributed by atoms with van der Waals surface area (Å²) in [6.45, 7) is 6.43. The van der Waals surface area contributed by atoms with E-state index < -0.39 is 0 Å². The molecule has 0 spiro atoms. The van der Waals surface area contributed by atoms with Gasteiger partial charge in [-0.05, 0) is 32.3 Å². The number of carbonyl (C=O) groups is 1. The van der Waals surface area contributed by atoms with Gasteiger partial charge in [-0.25, -0.2) is 0 Å². The highest BCUT2D eigenvalue weighted by atomic mass is 16.1. The monoisotopic (exact) mass is 250 g/mol. The van der Waals surface area contributed by atoms with E-state index in [0.29, 0.717) is 18.5 Å². The molecule has 1 amide bonds. The molecule has 0 aliphatic carbocycles. The van der Waals surface area contributed by atoms with E-state index in [9.17, 15) is 4.79 Å². The van der Waals surface area contributed by atoms with Crippen LogP contribution in [0.5, 0.6) is 0 Å². The first-order chi connectivity index (χ1) is 8.58. The second-order valence-electron chi connectivity index (χ2n) is 4.41. The molecule has 0 aliphatic heterocycles. The molecule has 18 heavy (non-hydrogen) atoms. The summed E-state index contributed by atoms with van der Waals surface area (Å²) in [7, 11) is 0. The van der Waals surface area contributed by atoms with Crippen molar-refractivity contribution >= 4 is 5.91 Å². The summed E-state index contributed by atoms with van der Waals surface area (Å²) in [5.41, 5.74) is 7.91. The van der Waals surface area contributed by atoms with Crippen molar-refractivity contribution in [3.05, 3.63) is 23.0 Å². The molecule has 0 aromatic carbocycles. The highest BCUT2D eigenvalue weighted by Gasteiger charge is 2.12. The average Bonchev–Trinajstić information content (AvgIpc) is 2.38. The summed E-state index contributed by atoms with van der Waals surface area (Å²) >= 11 is 0. The molecule has 1 rings (SSSR count). The highest BCUT2D eigenvalue weighted by Crippen LogP contribution is 2.07.